The quantitative estimate of drug-likeness (QED) is 0.170. The van der Waals surface area contributed by atoms with Gasteiger partial charge in [-0.05, 0) is 118 Å². The Morgan fingerprint density at radius 3 is 1.28 bits per heavy atom. The van der Waals surface area contributed by atoms with Gasteiger partial charge in [0.2, 0.25) is 0 Å². The van der Waals surface area contributed by atoms with Crippen molar-refractivity contribution < 1.29 is 13.3 Å². The highest BCUT2D eigenvalue weighted by Gasteiger charge is 2.20. The number of hydrogen-bond donors (Lipinski definition) is 0. The van der Waals surface area contributed by atoms with Gasteiger partial charge >= 0.3 is 0 Å². The fourth-order valence-electron chi connectivity index (χ4n) is 8.62. The van der Waals surface area contributed by atoms with Crippen LogP contribution < -0.4 is 4.90 Å². The van der Waals surface area contributed by atoms with Gasteiger partial charge in [0.1, 0.15) is 27.9 Å². The second kappa shape index (κ2) is 12.9. The molecule has 4 nitrogen and oxygen atoms in total. The highest BCUT2D eigenvalue weighted by Crippen LogP contribution is 2.44. The van der Waals surface area contributed by atoms with Gasteiger partial charge in [-0.2, -0.15) is 0 Å². The first kappa shape index (κ1) is 32.4. The molecule has 0 N–H and O–H groups in total. The van der Waals surface area contributed by atoms with Crippen molar-refractivity contribution in [2.45, 2.75) is 0 Å². The van der Waals surface area contributed by atoms with E-state index in [0.717, 1.165) is 105 Å². The van der Waals surface area contributed by atoms with Crippen LogP contribution in [-0.4, -0.2) is 0 Å². The molecular weight excluding hydrogens is 711 g/mol. The molecule has 12 aromatic rings. The third-order valence-electron chi connectivity index (χ3n) is 11.5. The first-order valence-corrected chi connectivity index (χ1v) is 19.6. The largest absolute Gasteiger partial charge is 0.456 e. The van der Waals surface area contributed by atoms with Crippen LogP contribution in [0.5, 0.6) is 0 Å². The summed E-state index contributed by atoms with van der Waals surface area (Å²) in [5.74, 6) is 0. The molecule has 58 heavy (non-hydrogen) atoms. The Bertz CT molecular complexity index is 3500. The molecule has 4 heteroatoms. The molecule has 0 spiro atoms. The van der Waals surface area contributed by atoms with E-state index in [9.17, 15) is 0 Å². The van der Waals surface area contributed by atoms with Crippen molar-refractivity contribution in [3.63, 3.8) is 0 Å². The number of anilines is 3. The number of rotatable bonds is 6. The summed E-state index contributed by atoms with van der Waals surface area (Å²) in [7, 11) is 0. The summed E-state index contributed by atoms with van der Waals surface area (Å²) in [5, 5.41) is 6.58. The third-order valence-corrected chi connectivity index (χ3v) is 11.5. The maximum Gasteiger partial charge on any atom is 0.159 e. The Morgan fingerprint density at radius 1 is 0.259 bits per heavy atom. The Morgan fingerprint density at radius 2 is 0.672 bits per heavy atom. The topological polar surface area (TPSA) is 42.7 Å². The molecule has 272 valence electrons. The van der Waals surface area contributed by atoms with Crippen molar-refractivity contribution in [2.75, 3.05) is 4.90 Å². The minimum Gasteiger partial charge on any atom is -0.456 e. The minimum absolute atomic E-state index is 0.836. The van der Waals surface area contributed by atoms with Gasteiger partial charge in [-0.25, -0.2) is 0 Å². The summed E-state index contributed by atoms with van der Waals surface area (Å²) in [4.78, 5) is 2.28. The number of hydrogen-bond acceptors (Lipinski definition) is 4. The molecule has 0 atom stereocenters. The first-order valence-electron chi connectivity index (χ1n) is 19.6. The average Bonchev–Trinajstić information content (AvgIpc) is 3.98. The second-order valence-corrected chi connectivity index (χ2v) is 14.9. The van der Waals surface area contributed by atoms with Crippen LogP contribution >= 0.6 is 0 Å². The lowest BCUT2D eigenvalue weighted by Crippen LogP contribution is -2.10. The van der Waals surface area contributed by atoms with Crippen LogP contribution in [0.3, 0.4) is 0 Å². The van der Waals surface area contributed by atoms with E-state index in [1.807, 2.05) is 30.3 Å². The summed E-state index contributed by atoms with van der Waals surface area (Å²) in [6, 6.07) is 70.2. The molecule has 0 saturated heterocycles. The van der Waals surface area contributed by atoms with Gasteiger partial charge in [-0.1, -0.05) is 115 Å². The van der Waals surface area contributed by atoms with Crippen molar-refractivity contribution >= 4 is 82.9 Å². The number of para-hydroxylation sites is 3. The molecule has 0 aliphatic heterocycles. The molecule has 0 aliphatic carbocycles. The van der Waals surface area contributed by atoms with E-state index in [1.54, 1.807) is 0 Å². The van der Waals surface area contributed by atoms with Crippen molar-refractivity contribution in [3.8, 4) is 33.4 Å². The Labute approximate surface area is 333 Å². The fraction of sp³-hybridized carbons (Fsp3) is 0. The van der Waals surface area contributed by atoms with Crippen molar-refractivity contribution in [3.05, 3.63) is 200 Å². The summed E-state index contributed by atoms with van der Waals surface area (Å²) in [5.41, 5.74) is 14.9. The molecule has 0 radical (unpaired) electrons. The van der Waals surface area contributed by atoms with Crippen LogP contribution in [0.1, 0.15) is 0 Å². The normalized spacial score (nSPS) is 11.8. The van der Waals surface area contributed by atoms with Gasteiger partial charge < -0.3 is 18.2 Å². The van der Waals surface area contributed by atoms with Crippen LogP contribution in [0, 0.1) is 0 Å². The molecule has 3 heterocycles. The summed E-state index contributed by atoms with van der Waals surface area (Å²) < 4.78 is 19.6. The molecule has 9 aromatic carbocycles. The van der Waals surface area contributed by atoms with Gasteiger partial charge in [-0.3, -0.25) is 0 Å². The van der Waals surface area contributed by atoms with E-state index in [2.05, 4.69) is 175 Å². The zero-order chi connectivity index (χ0) is 38.2. The predicted octanol–water partition coefficient (Wildman–Crippen LogP) is 15.9. The van der Waals surface area contributed by atoms with E-state index in [-0.39, 0.29) is 0 Å². The van der Waals surface area contributed by atoms with E-state index in [0.29, 0.717) is 0 Å². The maximum absolute atomic E-state index is 6.83. The van der Waals surface area contributed by atoms with Crippen LogP contribution in [-0.2, 0) is 0 Å². The lowest BCUT2D eigenvalue weighted by atomic mass is 10.0. The zero-order valence-electron chi connectivity index (χ0n) is 31.2. The average molecular weight is 744 g/mol. The number of nitrogens with zero attached hydrogens (tertiary/aromatic N) is 1. The predicted molar refractivity (Wildman–Crippen MR) is 239 cm³/mol. The Hall–Kier alpha value is -7.82. The standard InChI is InChI=1S/C54H33NO3/c1-3-10-34(11-4-1)35-18-24-41(25-19-35)55(40-12-5-2-6-13-40)48-16-9-15-47-46-29-23-39(33-53(46)58-54(47)48)38-22-28-45-44-27-21-37(31-51(44)57-52(45)32-38)36-20-26-43-42-14-7-8-17-49(42)56-50(43)30-36/h1-33H. The smallest absolute Gasteiger partial charge is 0.159 e. The van der Waals surface area contributed by atoms with Gasteiger partial charge in [0, 0.05) is 43.7 Å². The highest BCUT2D eigenvalue weighted by atomic mass is 16.3. The number of fused-ring (bicyclic) bond motifs is 9. The summed E-state index contributed by atoms with van der Waals surface area (Å²) in [6.07, 6.45) is 0. The molecule has 0 saturated carbocycles. The summed E-state index contributed by atoms with van der Waals surface area (Å²) in [6.45, 7) is 0. The molecule has 12 rings (SSSR count). The third kappa shape index (κ3) is 5.23. The maximum atomic E-state index is 6.83. The van der Waals surface area contributed by atoms with E-state index < -0.39 is 0 Å². The SMILES string of the molecule is c1ccc(-c2ccc(N(c3ccccc3)c3cccc4c3oc3cc(-c5ccc6c(c5)oc5cc(-c7ccc8c(c7)oc7ccccc78)ccc56)ccc34)cc2)cc1. The van der Waals surface area contributed by atoms with Gasteiger partial charge in [0.05, 0.1) is 5.69 Å². The van der Waals surface area contributed by atoms with E-state index in [1.165, 1.54) is 11.1 Å². The lowest BCUT2D eigenvalue weighted by molar-refractivity contribution is 0.668. The monoisotopic (exact) mass is 743 g/mol. The molecule has 3 aromatic heterocycles. The van der Waals surface area contributed by atoms with Crippen LogP contribution in [0.25, 0.3) is 99.2 Å². The molecule has 0 fully saturated rings. The number of furan rings is 3. The van der Waals surface area contributed by atoms with Crippen molar-refractivity contribution in [2.24, 2.45) is 0 Å². The van der Waals surface area contributed by atoms with Gasteiger partial charge in [-0.15, -0.1) is 0 Å². The van der Waals surface area contributed by atoms with Crippen molar-refractivity contribution in [1.82, 2.24) is 0 Å². The molecular formula is C54H33NO3. The zero-order valence-corrected chi connectivity index (χ0v) is 31.2. The van der Waals surface area contributed by atoms with Gasteiger partial charge in [0.25, 0.3) is 0 Å². The highest BCUT2D eigenvalue weighted by molar-refractivity contribution is 6.12. The van der Waals surface area contributed by atoms with E-state index >= 15 is 0 Å². The Balaban J connectivity index is 0.910. The lowest BCUT2D eigenvalue weighted by Gasteiger charge is -2.25. The van der Waals surface area contributed by atoms with Crippen LogP contribution in [0.15, 0.2) is 213 Å². The van der Waals surface area contributed by atoms with Crippen LogP contribution in [0.4, 0.5) is 17.1 Å². The van der Waals surface area contributed by atoms with Crippen LogP contribution in [0.2, 0.25) is 0 Å². The molecule has 0 aliphatic rings. The molecule has 0 amide bonds. The fourth-order valence-corrected chi connectivity index (χ4v) is 8.62. The van der Waals surface area contributed by atoms with Crippen molar-refractivity contribution in [1.29, 1.82) is 0 Å². The molecule has 0 unspecified atom stereocenters. The Kier molecular flexibility index (Phi) is 7.20. The minimum atomic E-state index is 0.836. The van der Waals surface area contributed by atoms with Gasteiger partial charge in [0.15, 0.2) is 5.58 Å². The van der Waals surface area contributed by atoms with E-state index in [4.69, 9.17) is 13.3 Å². The number of benzene rings is 9. The molecule has 0 bridgehead atoms. The second-order valence-electron chi connectivity index (χ2n) is 14.9. The summed E-state index contributed by atoms with van der Waals surface area (Å²) >= 11 is 0. The first-order chi connectivity index (χ1) is 28.7.